The van der Waals surface area contributed by atoms with Crippen LogP contribution in [0.4, 0.5) is 0 Å². The van der Waals surface area contributed by atoms with Crippen LogP contribution in [0, 0.1) is 5.92 Å². The third-order valence-electron chi connectivity index (χ3n) is 4.24. The molecule has 1 fully saturated rings. The van der Waals surface area contributed by atoms with Crippen molar-refractivity contribution in [2.24, 2.45) is 5.92 Å². The number of hydrogen-bond acceptors (Lipinski definition) is 3. The molecule has 0 aromatic carbocycles. The largest absolute Gasteiger partial charge is 0.313 e. The molecule has 92 valence electrons. The van der Waals surface area contributed by atoms with Gasteiger partial charge in [-0.15, -0.1) is 0 Å². The van der Waals surface area contributed by atoms with Gasteiger partial charge in [0.25, 0.3) is 0 Å². The Hall–Kier alpha value is -0.960. The first-order valence-electron chi connectivity index (χ1n) is 6.82. The highest BCUT2D eigenvalue weighted by Gasteiger charge is 2.37. The molecule has 3 nitrogen and oxygen atoms in total. The van der Waals surface area contributed by atoms with Crippen LogP contribution in [-0.2, 0) is 6.42 Å². The molecule has 1 saturated carbocycles. The van der Waals surface area contributed by atoms with Gasteiger partial charge in [-0.05, 0) is 38.6 Å². The Morgan fingerprint density at radius 1 is 1.35 bits per heavy atom. The maximum Gasteiger partial charge on any atom is 0.131 e. The molecule has 2 aliphatic rings. The van der Waals surface area contributed by atoms with E-state index in [2.05, 4.69) is 23.4 Å². The molecule has 0 amide bonds. The Morgan fingerprint density at radius 2 is 2.18 bits per heavy atom. The van der Waals surface area contributed by atoms with Crippen molar-refractivity contribution in [3.63, 3.8) is 0 Å². The lowest BCUT2D eigenvalue weighted by Gasteiger charge is -2.16. The minimum absolute atomic E-state index is 0.457. The van der Waals surface area contributed by atoms with Crippen molar-refractivity contribution in [1.82, 2.24) is 15.3 Å². The molecular weight excluding hydrogens is 210 g/mol. The fourth-order valence-corrected chi connectivity index (χ4v) is 2.89. The number of hydrogen-bond donors (Lipinski definition) is 1. The average Bonchev–Trinajstić information content (AvgIpc) is 3.09. The highest BCUT2D eigenvalue weighted by molar-refractivity contribution is 5.25. The van der Waals surface area contributed by atoms with Crippen LogP contribution in [0.25, 0.3) is 0 Å². The van der Waals surface area contributed by atoms with Gasteiger partial charge in [0.15, 0.2) is 0 Å². The first-order valence-corrected chi connectivity index (χ1v) is 6.82. The first kappa shape index (κ1) is 11.1. The Balaban J connectivity index is 1.93. The van der Waals surface area contributed by atoms with Gasteiger partial charge < -0.3 is 5.32 Å². The Labute approximate surface area is 103 Å². The number of aromatic nitrogens is 2. The zero-order chi connectivity index (χ0) is 11.8. The normalized spacial score (nSPS) is 31.8. The monoisotopic (exact) mass is 231 g/mol. The van der Waals surface area contributed by atoms with Crippen molar-refractivity contribution >= 4 is 0 Å². The minimum atomic E-state index is 0.457. The van der Waals surface area contributed by atoms with E-state index in [0.717, 1.165) is 18.2 Å². The second-order valence-corrected chi connectivity index (χ2v) is 5.54. The van der Waals surface area contributed by atoms with E-state index in [1.165, 1.54) is 36.9 Å². The summed E-state index contributed by atoms with van der Waals surface area (Å²) in [6.45, 7) is 2.29. The fraction of sp³-hybridized carbons (Fsp3) is 0.714. The number of aryl methyl sites for hydroxylation is 1. The van der Waals surface area contributed by atoms with E-state index in [9.17, 15) is 0 Å². The van der Waals surface area contributed by atoms with Crippen molar-refractivity contribution < 1.29 is 0 Å². The highest BCUT2D eigenvalue weighted by Crippen LogP contribution is 2.45. The molecule has 0 bridgehead atoms. The number of nitrogens with one attached hydrogen (secondary N) is 1. The van der Waals surface area contributed by atoms with Crippen LogP contribution in [0.15, 0.2) is 6.20 Å². The van der Waals surface area contributed by atoms with E-state index < -0.39 is 0 Å². The average molecular weight is 231 g/mol. The molecule has 2 aliphatic carbocycles. The van der Waals surface area contributed by atoms with Crippen molar-refractivity contribution in [3.8, 4) is 0 Å². The molecule has 0 saturated heterocycles. The van der Waals surface area contributed by atoms with Gasteiger partial charge in [0.2, 0.25) is 0 Å². The number of rotatable bonds is 2. The van der Waals surface area contributed by atoms with Crippen LogP contribution in [0.5, 0.6) is 0 Å². The van der Waals surface area contributed by atoms with Crippen molar-refractivity contribution in [2.45, 2.75) is 51.0 Å². The molecule has 0 radical (unpaired) electrons. The Kier molecular flexibility index (Phi) is 2.87. The van der Waals surface area contributed by atoms with E-state index in [-0.39, 0.29) is 0 Å². The lowest BCUT2D eigenvalue weighted by molar-refractivity contribution is 0.531. The van der Waals surface area contributed by atoms with Crippen LogP contribution in [0.2, 0.25) is 0 Å². The molecular formula is C14H21N3. The van der Waals surface area contributed by atoms with E-state index in [0.29, 0.717) is 12.0 Å². The molecule has 1 heterocycles. The van der Waals surface area contributed by atoms with Gasteiger partial charge in [0, 0.05) is 29.4 Å². The predicted molar refractivity (Wildman–Crippen MR) is 67.9 cm³/mol. The predicted octanol–water partition coefficient (Wildman–Crippen LogP) is 2.59. The van der Waals surface area contributed by atoms with Gasteiger partial charge in [0.05, 0.1) is 0 Å². The molecule has 3 unspecified atom stereocenters. The summed E-state index contributed by atoms with van der Waals surface area (Å²) >= 11 is 0. The van der Waals surface area contributed by atoms with Gasteiger partial charge in [0.1, 0.15) is 5.82 Å². The summed E-state index contributed by atoms with van der Waals surface area (Å²) in [4.78, 5) is 9.43. The molecule has 0 aliphatic heterocycles. The first-order chi connectivity index (χ1) is 8.29. The summed E-state index contributed by atoms with van der Waals surface area (Å²) in [6.07, 6.45) is 8.25. The summed E-state index contributed by atoms with van der Waals surface area (Å²) in [7, 11) is 2.04. The smallest absolute Gasteiger partial charge is 0.131 e. The lowest BCUT2D eigenvalue weighted by atomic mass is 10.1. The molecule has 0 spiro atoms. The Bertz CT molecular complexity index is 416. The molecule has 1 aromatic heterocycles. The third kappa shape index (κ3) is 2.08. The molecule has 3 heteroatoms. The van der Waals surface area contributed by atoms with Crippen LogP contribution in [-0.4, -0.2) is 17.0 Å². The molecule has 17 heavy (non-hydrogen) atoms. The maximum absolute atomic E-state index is 4.83. The van der Waals surface area contributed by atoms with Crippen molar-refractivity contribution in [2.75, 3.05) is 7.05 Å². The van der Waals surface area contributed by atoms with E-state index >= 15 is 0 Å². The van der Waals surface area contributed by atoms with Crippen LogP contribution < -0.4 is 5.32 Å². The van der Waals surface area contributed by atoms with E-state index in [1.807, 2.05) is 7.05 Å². The molecule has 1 N–H and O–H groups in total. The zero-order valence-corrected chi connectivity index (χ0v) is 10.7. The highest BCUT2D eigenvalue weighted by atomic mass is 14.9. The summed E-state index contributed by atoms with van der Waals surface area (Å²) in [5.41, 5.74) is 2.63. The van der Waals surface area contributed by atoms with Gasteiger partial charge in [-0.25, -0.2) is 9.97 Å². The third-order valence-corrected chi connectivity index (χ3v) is 4.24. The number of nitrogens with zero attached hydrogens (tertiary/aromatic N) is 2. The van der Waals surface area contributed by atoms with Gasteiger partial charge in [-0.3, -0.25) is 0 Å². The number of fused-ring (bicyclic) bond motifs is 1. The minimum Gasteiger partial charge on any atom is -0.313 e. The van der Waals surface area contributed by atoms with Crippen molar-refractivity contribution in [3.05, 3.63) is 23.3 Å². The summed E-state index contributed by atoms with van der Waals surface area (Å²) in [5, 5.41) is 3.39. The van der Waals surface area contributed by atoms with Gasteiger partial charge in [-0.1, -0.05) is 13.3 Å². The van der Waals surface area contributed by atoms with Gasteiger partial charge in [-0.2, -0.15) is 0 Å². The SMILES string of the molecule is CNC1CCCCc2nc(C3CC3C)ncc21. The van der Waals surface area contributed by atoms with Gasteiger partial charge >= 0.3 is 0 Å². The van der Waals surface area contributed by atoms with Crippen molar-refractivity contribution in [1.29, 1.82) is 0 Å². The quantitative estimate of drug-likeness (QED) is 0.795. The molecule has 3 rings (SSSR count). The topological polar surface area (TPSA) is 37.8 Å². The standard InChI is InChI=1S/C14H21N3/c1-9-7-10(9)14-16-8-11-12(15-2)5-3-4-6-13(11)17-14/h8-10,12,15H,3-7H2,1-2H3. The maximum atomic E-state index is 4.83. The van der Waals surface area contributed by atoms with E-state index in [4.69, 9.17) is 4.98 Å². The zero-order valence-electron chi connectivity index (χ0n) is 10.7. The van der Waals surface area contributed by atoms with Crippen LogP contribution >= 0.6 is 0 Å². The summed E-state index contributed by atoms with van der Waals surface area (Å²) < 4.78 is 0. The Morgan fingerprint density at radius 3 is 2.88 bits per heavy atom. The molecule has 3 atom stereocenters. The second-order valence-electron chi connectivity index (χ2n) is 5.54. The molecule has 1 aromatic rings. The van der Waals surface area contributed by atoms with E-state index in [1.54, 1.807) is 0 Å². The summed E-state index contributed by atoms with van der Waals surface area (Å²) in [5.74, 6) is 2.52. The second kappa shape index (κ2) is 4.37. The summed E-state index contributed by atoms with van der Waals surface area (Å²) in [6, 6.07) is 0.457. The lowest BCUT2D eigenvalue weighted by Crippen LogP contribution is -2.18. The van der Waals surface area contributed by atoms with Crippen LogP contribution in [0.1, 0.15) is 61.6 Å². The fourth-order valence-electron chi connectivity index (χ4n) is 2.89. The van der Waals surface area contributed by atoms with Crippen LogP contribution in [0.3, 0.4) is 0 Å².